The van der Waals surface area contributed by atoms with Gasteiger partial charge in [-0.25, -0.2) is 9.59 Å². The van der Waals surface area contributed by atoms with Gasteiger partial charge in [-0.2, -0.15) is 0 Å². The van der Waals surface area contributed by atoms with Crippen molar-refractivity contribution >= 4 is 23.9 Å². The van der Waals surface area contributed by atoms with E-state index in [1.165, 1.54) is 0 Å². The van der Waals surface area contributed by atoms with E-state index in [9.17, 15) is 19.2 Å². The molecule has 6 aliphatic rings. The van der Waals surface area contributed by atoms with Gasteiger partial charge in [0, 0.05) is 39.7 Å². The van der Waals surface area contributed by atoms with Crippen molar-refractivity contribution in [2.75, 3.05) is 13.6 Å². The summed E-state index contributed by atoms with van der Waals surface area (Å²) in [5.74, 6) is -3.71. The van der Waals surface area contributed by atoms with Crippen molar-refractivity contribution in [3.8, 4) is 5.75 Å². The molecule has 1 spiro atoms. The number of carbonyl (C=O) groups is 4. The summed E-state index contributed by atoms with van der Waals surface area (Å²) in [6.07, 6.45) is -0.334. The minimum atomic E-state index is -1.13. The molecule has 44 heavy (non-hydrogen) atoms. The molecule has 7 rings (SSSR count). The topological polar surface area (TPSA) is 136 Å². The first kappa shape index (κ1) is 29.2. The van der Waals surface area contributed by atoms with Crippen LogP contribution in [0.4, 0.5) is 0 Å². The SMILES string of the molecule is Cc1ccc2c3c1O[C@H]1C(OC(=O)C[C@@H]4OC(C)(C)OC4=O)=CC[C@@]4(OC(=O)C[C@@H]5OC(C)(C)OC5=O)[C@@H](C2)N(C)CC[C@]314. The van der Waals surface area contributed by atoms with Gasteiger partial charge in [-0.3, -0.25) is 14.5 Å². The molecule has 0 amide bonds. The van der Waals surface area contributed by atoms with Crippen LogP contribution in [-0.4, -0.2) is 83.9 Å². The lowest BCUT2D eigenvalue weighted by Crippen LogP contribution is -2.75. The summed E-state index contributed by atoms with van der Waals surface area (Å²) >= 11 is 0. The minimum Gasteiger partial charge on any atom is -0.481 e. The number of carbonyl (C=O) groups excluding carboxylic acids is 4. The number of cyclic esters (lactones) is 2. The van der Waals surface area contributed by atoms with Crippen LogP contribution < -0.4 is 4.74 Å². The lowest BCUT2D eigenvalue weighted by molar-refractivity contribution is -0.208. The zero-order valence-electron chi connectivity index (χ0n) is 25.7. The maximum atomic E-state index is 13.7. The van der Waals surface area contributed by atoms with Gasteiger partial charge in [-0.1, -0.05) is 12.1 Å². The van der Waals surface area contributed by atoms with Crippen LogP contribution in [0, 0.1) is 6.92 Å². The average Bonchev–Trinajstić information content (AvgIpc) is 3.50. The van der Waals surface area contributed by atoms with Crippen LogP contribution in [0.15, 0.2) is 24.0 Å². The first-order valence-corrected chi connectivity index (χ1v) is 15.1. The molecule has 0 saturated carbocycles. The Balaban J connectivity index is 1.24. The van der Waals surface area contributed by atoms with Gasteiger partial charge in [0.15, 0.2) is 18.3 Å². The molecule has 4 aliphatic heterocycles. The van der Waals surface area contributed by atoms with E-state index in [0.717, 1.165) is 16.7 Å². The van der Waals surface area contributed by atoms with E-state index in [0.29, 0.717) is 30.9 Å². The lowest BCUT2D eigenvalue weighted by Gasteiger charge is -2.62. The van der Waals surface area contributed by atoms with Crippen molar-refractivity contribution in [1.29, 1.82) is 0 Å². The fourth-order valence-corrected chi connectivity index (χ4v) is 8.17. The molecule has 0 radical (unpaired) electrons. The van der Waals surface area contributed by atoms with E-state index in [-0.39, 0.29) is 25.3 Å². The van der Waals surface area contributed by atoms with Gasteiger partial charge in [0.2, 0.25) is 11.6 Å². The predicted octanol–water partition coefficient (Wildman–Crippen LogP) is 2.50. The number of likely N-dealkylation sites (N-methyl/N-ethyl adjacent to an activating group) is 1. The molecule has 236 valence electrons. The largest absolute Gasteiger partial charge is 0.481 e. The van der Waals surface area contributed by atoms with Gasteiger partial charge in [0.05, 0.1) is 24.3 Å². The predicted molar refractivity (Wildman–Crippen MR) is 149 cm³/mol. The highest BCUT2D eigenvalue weighted by Gasteiger charge is 2.74. The number of ether oxygens (including phenoxy) is 7. The zero-order valence-corrected chi connectivity index (χ0v) is 25.7. The number of esters is 4. The van der Waals surface area contributed by atoms with Gasteiger partial charge in [0.1, 0.15) is 17.1 Å². The second-order valence-corrected chi connectivity index (χ2v) is 13.6. The van der Waals surface area contributed by atoms with Crippen molar-refractivity contribution in [2.45, 2.75) is 114 Å². The Bertz CT molecular complexity index is 1510. The summed E-state index contributed by atoms with van der Waals surface area (Å²) in [6.45, 7) is 9.10. The first-order valence-electron chi connectivity index (χ1n) is 15.1. The van der Waals surface area contributed by atoms with E-state index in [2.05, 4.69) is 11.0 Å². The Morgan fingerprint density at radius 2 is 1.61 bits per heavy atom. The van der Waals surface area contributed by atoms with Crippen LogP contribution in [0.2, 0.25) is 0 Å². The number of likely N-dealkylation sites (tertiary alicyclic amines) is 1. The van der Waals surface area contributed by atoms with Crippen molar-refractivity contribution in [2.24, 2.45) is 0 Å². The third-order valence-corrected chi connectivity index (χ3v) is 9.84. The van der Waals surface area contributed by atoms with Gasteiger partial charge in [-0.15, -0.1) is 0 Å². The molecule has 1 aromatic carbocycles. The smallest absolute Gasteiger partial charge is 0.338 e. The Morgan fingerprint density at radius 3 is 2.23 bits per heavy atom. The van der Waals surface area contributed by atoms with Crippen LogP contribution in [-0.2, 0) is 59.4 Å². The zero-order chi connectivity index (χ0) is 31.4. The fourth-order valence-electron chi connectivity index (χ4n) is 8.17. The molecule has 3 saturated heterocycles. The maximum Gasteiger partial charge on any atom is 0.338 e. The molecule has 0 N–H and O–H groups in total. The monoisotopic (exact) mass is 611 g/mol. The Hall–Kier alpha value is -3.48. The highest BCUT2D eigenvalue weighted by atomic mass is 16.8. The van der Waals surface area contributed by atoms with Gasteiger partial charge < -0.3 is 33.2 Å². The number of rotatable bonds is 6. The number of piperidine rings is 1. The first-order chi connectivity index (χ1) is 20.6. The van der Waals surface area contributed by atoms with Crippen molar-refractivity contribution < 1.29 is 52.3 Å². The molecule has 12 heteroatoms. The van der Waals surface area contributed by atoms with Crippen molar-refractivity contribution in [3.05, 3.63) is 40.7 Å². The van der Waals surface area contributed by atoms with Crippen molar-refractivity contribution in [3.63, 3.8) is 0 Å². The van der Waals surface area contributed by atoms with Crippen molar-refractivity contribution in [1.82, 2.24) is 4.90 Å². The number of aryl methyl sites for hydroxylation is 1. The van der Waals surface area contributed by atoms with Gasteiger partial charge in [0.25, 0.3) is 0 Å². The van der Waals surface area contributed by atoms with Crippen LogP contribution in [0.25, 0.3) is 0 Å². The van der Waals surface area contributed by atoms with E-state index < -0.39 is 64.8 Å². The van der Waals surface area contributed by atoms with Crippen LogP contribution >= 0.6 is 0 Å². The maximum absolute atomic E-state index is 13.7. The second-order valence-electron chi connectivity index (χ2n) is 13.6. The van der Waals surface area contributed by atoms with Crippen LogP contribution in [0.5, 0.6) is 5.75 Å². The molecule has 0 unspecified atom stereocenters. The molecule has 6 atom stereocenters. The normalized spacial score (nSPS) is 35.6. The number of hydrogen-bond acceptors (Lipinski definition) is 12. The van der Waals surface area contributed by atoms with Gasteiger partial charge >= 0.3 is 23.9 Å². The summed E-state index contributed by atoms with van der Waals surface area (Å²) in [6, 6.07) is 3.90. The Labute approximate surface area is 254 Å². The highest BCUT2D eigenvalue weighted by molar-refractivity contribution is 5.84. The number of hydrogen-bond donors (Lipinski definition) is 0. The molecular formula is C32H37NO11. The average molecular weight is 612 g/mol. The molecule has 0 aromatic heterocycles. The van der Waals surface area contributed by atoms with E-state index in [4.69, 9.17) is 33.2 Å². The molecule has 12 nitrogen and oxygen atoms in total. The summed E-state index contributed by atoms with van der Waals surface area (Å²) < 4.78 is 40.9. The molecule has 2 bridgehead atoms. The highest BCUT2D eigenvalue weighted by Crippen LogP contribution is 2.65. The molecule has 2 aliphatic carbocycles. The minimum absolute atomic E-state index is 0.210. The van der Waals surface area contributed by atoms with Gasteiger partial charge in [-0.05, 0) is 50.6 Å². The second kappa shape index (κ2) is 9.51. The summed E-state index contributed by atoms with van der Waals surface area (Å²) in [4.78, 5) is 53.9. The summed E-state index contributed by atoms with van der Waals surface area (Å²) in [5.41, 5.74) is 1.05. The number of nitrogens with zero attached hydrogens (tertiary/aromatic N) is 1. The standard InChI is InChI=1S/C32H37NO11/c1-16-7-8-17-13-21-32(42-23(35)15-20-28(37)44-30(4,5)41-20)10-9-18(38-22(34)14-19-27(36)43-29(2,3)40-19)26-31(32,11-12-33(21)6)24(17)25(16)39-26/h7-9,19-21,26H,10-15H2,1-6H3/t19-,20-,21+,26-,31-,32+/m0/s1. The quantitative estimate of drug-likeness (QED) is 0.345. The molecule has 4 heterocycles. The summed E-state index contributed by atoms with van der Waals surface area (Å²) in [5, 5.41) is 0. The Kier molecular flexibility index (Phi) is 6.32. The van der Waals surface area contributed by atoms with Crippen LogP contribution in [0.1, 0.15) is 70.1 Å². The number of benzene rings is 1. The lowest BCUT2D eigenvalue weighted by atomic mass is 9.50. The van der Waals surface area contributed by atoms with E-state index >= 15 is 0 Å². The Morgan fingerprint density at radius 1 is 0.977 bits per heavy atom. The van der Waals surface area contributed by atoms with Crippen LogP contribution in [0.3, 0.4) is 0 Å². The van der Waals surface area contributed by atoms with E-state index in [1.54, 1.807) is 33.8 Å². The summed E-state index contributed by atoms with van der Waals surface area (Å²) in [7, 11) is 2.01. The third kappa shape index (κ3) is 4.21. The molecule has 1 aromatic rings. The fraction of sp³-hybridized carbons (Fsp3) is 0.625. The van der Waals surface area contributed by atoms with E-state index in [1.807, 2.05) is 20.0 Å². The molecular weight excluding hydrogens is 574 g/mol. The molecule has 3 fully saturated rings. The third-order valence-electron chi connectivity index (χ3n) is 9.84.